The average molecular weight is 556 g/mol. The molecule has 0 saturated heterocycles. The smallest absolute Gasteiger partial charge is 0.157 e. The van der Waals surface area contributed by atoms with Gasteiger partial charge in [-0.25, -0.2) is 0 Å². The molecule has 0 bridgehead atoms. The lowest BCUT2D eigenvalue weighted by Gasteiger charge is -2.18. The van der Waals surface area contributed by atoms with Crippen LogP contribution < -0.4 is 5.30 Å². The van der Waals surface area contributed by atoms with Crippen LogP contribution in [-0.2, 0) is 15.9 Å². The number of ether oxygens (including phenoxy) is 2. The highest BCUT2D eigenvalue weighted by Gasteiger charge is 2.10. The molecule has 4 heteroatoms. The van der Waals surface area contributed by atoms with Crippen molar-refractivity contribution in [3.63, 3.8) is 0 Å². The Balaban J connectivity index is 2.20. The van der Waals surface area contributed by atoms with E-state index < -0.39 is 0 Å². The van der Waals surface area contributed by atoms with Crippen molar-refractivity contribution in [1.82, 2.24) is 0 Å². The van der Waals surface area contributed by atoms with Crippen molar-refractivity contribution in [2.75, 3.05) is 13.2 Å². The summed E-state index contributed by atoms with van der Waals surface area (Å²) in [5, 5.41) is 1.47. The Bertz CT molecular complexity index is 662. The second-order valence-corrected chi connectivity index (χ2v) is 11.6. The summed E-state index contributed by atoms with van der Waals surface area (Å²) in [5.41, 5.74) is 5.93. The minimum atomic E-state index is 0.00344. The zero-order valence-electron chi connectivity index (χ0n) is 22.8. The van der Waals surface area contributed by atoms with Gasteiger partial charge in [-0.05, 0) is 113 Å². The number of aryl methyl sites for hydroxylation is 1. The summed E-state index contributed by atoms with van der Waals surface area (Å²) in [4.78, 5) is 0. The third kappa shape index (κ3) is 13.8. The fraction of sp³-hybridized carbons (Fsp3) is 0.733. The van der Waals surface area contributed by atoms with Crippen LogP contribution in [0, 0.1) is 20.8 Å². The zero-order chi connectivity index (χ0) is 25.0. The van der Waals surface area contributed by atoms with Gasteiger partial charge in [0.1, 0.15) is 0 Å². The average Bonchev–Trinajstić information content (AvgIpc) is 2.84. The standard InChI is InChI=1S/C30H52BrO2P/c1-6-8-18-22-32-30(33-23-19-9-7-2)21-17-15-13-11-10-12-14-16-20-28-24-29(34-31)27(5)25(3)26(28)4/h10,12,24,30,34H,6-9,11,13-23H2,1-5H3/b12-10-. The predicted octanol–water partition coefficient (Wildman–Crippen LogP) is 9.79. The molecule has 2 nitrogen and oxygen atoms in total. The van der Waals surface area contributed by atoms with E-state index in [1.807, 2.05) is 0 Å². The lowest BCUT2D eigenvalue weighted by Crippen LogP contribution is -2.19. The number of unbranched alkanes of at least 4 members (excludes halogenated alkanes) is 8. The molecule has 0 heterocycles. The number of halogens is 1. The molecule has 0 amide bonds. The van der Waals surface area contributed by atoms with Crippen molar-refractivity contribution < 1.29 is 9.47 Å². The first kappa shape index (κ1) is 31.8. The van der Waals surface area contributed by atoms with Gasteiger partial charge in [-0.1, -0.05) is 79.7 Å². The van der Waals surface area contributed by atoms with E-state index in [4.69, 9.17) is 9.47 Å². The summed E-state index contributed by atoms with van der Waals surface area (Å²) in [6, 6.07) is 2.42. The highest BCUT2D eigenvalue weighted by molar-refractivity contribution is 9.37. The normalized spacial score (nSPS) is 12.2. The van der Waals surface area contributed by atoms with E-state index in [0.29, 0.717) is 7.28 Å². The zero-order valence-corrected chi connectivity index (χ0v) is 25.4. The van der Waals surface area contributed by atoms with Crippen molar-refractivity contribution in [3.05, 3.63) is 40.5 Å². The van der Waals surface area contributed by atoms with Gasteiger partial charge in [0.25, 0.3) is 0 Å². The van der Waals surface area contributed by atoms with Crippen molar-refractivity contribution in [1.29, 1.82) is 0 Å². The molecule has 0 aliphatic heterocycles. The van der Waals surface area contributed by atoms with Crippen LogP contribution in [0.4, 0.5) is 0 Å². The monoisotopic (exact) mass is 554 g/mol. The molecule has 0 aromatic heterocycles. The quantitative estimate of drug-likeness (QED) is 0.0651. The van der Waals surface area contributed by atoms with Crippen LogP contribution in [-0.4, -0.2) is 19.5 Å². The van der Waals surface area contributed by atoms with Crippen molar-refractivity contribution >= 4 is 28.1 Å². The van der Waals surface area contributed by atoms with E-state index in [1.165, 1.54) is 98.2 Å². The second kappa shape index (κ2) is 20.9. The van der Waals surface area contributed by atoms with Crippen LogP contribution in [0.1, 0.15) is 120 Å². The Hall–Kier alpha value is -0.210. The van der Waals surface area contributed by atoms with E-state index in [2.05, 4.69) is 68.3 Å². The van der Waals surface area contributed by atoms with E-state index >= 15 is 0 Å². The molecule has 0 N–H and O–H groups in total. The lowest BCUT2D eigenvalue weighted by molar-refractivity contribution is -0.148. The molecule has 1 aromatic carbocycles. The van der Waals surface area contributed by atoms with Crippen LogP contribution in [0.3, 0.4) is 0 Å². The number of hydrogen-bond donors (Lipinski definition) is 0. The fourth-order valence-electron chi connectivity index (χ4n) is 4.22. The SMILES string of the molecule is CCCCCOC(CCCCC/C=C\CCCc1cc(PBr)c(C)c(C)c1C)OCCCCC. The Labute approximate surface area is 221 Å². The van der Waals surface area contributed by atoms with E-state index in [-0.39, 0.29) is 6.29 Å². The second-order valence-electron chi connectivity index (χ2n) is 9.64. The highest BCUT2D eigenvalue weighted by Crippen LogP contribution is 2.27. The number of rotatable bonds is 21. The molecule has 1 rings (SSSR count). The Morgan fingerprint density at radius 1 is 0.765 bits per heavy atom. The van der Waals surface area contributed by atoms with E-state index in [9.17, 15) is 0 Å². The van der Waals surface area contributed by atoms with Gasteiger partial charge >= 0.3 is 0 Å². The molecule has 34 heavy (non-hydrogen) atoms. The molecule has 0 aliphatic rings. The molecule has 0 aliphatic carbocycles. The van der Waals surface area contributed by atoms with Gasteiger partial charge in [0.15, 0.2) is 6.29 Å². The van der Waals surface area contributed by atoms with Gasteiger partial charge in [0.2, 0.25) is 0 Å². The summed E-state index contributed by atoms with van der Waals surface area (Å²) in [5.74, 6) is 0. The van der Waals surface area contributed by atoms with Gasteiger partial charge in [0, 0.05) is 13.2 Å². The molecule has 0 fully saturated rings. The maximum atomic E-state index is 6.03. The molecule has 0 spiro atoms. The summed E-state index contributed by atoms with van der Waals surface area (Å²) in [6.45, 7) is 13.0. The highest BCUT2D eigenvalue weighted by atomic mass is 79.9. The fourth-order valence-corrected chi connectivity index (χ4v) is 6.01. The van der Waals surface area contributed by atoms with Crippen LogP contribution in [0.15, 0.2) is 18.2 Å². The summed E-state index contributed by atoms with van der Waals surface area (Å²) < 4.78 is 12.1. The molecule has 0 radical (unpaired) electrons. The number of benzene rings is 1. The minimum Gasteiger partial charge on any atom is -0.353 e. The Morgan fingerprint density at radius 3 is 1.97 bits per heavy atom. The van der Waals surface area contributed by atoms with Gasteiger partial charge in [-0.2, -0.15) is 0 Å². The topological polar surface area (TPSA) is 18.5 Å². The maximum Gasteiger partial charge on any atom is 0.157 e. The number of allylic oxidation sites excluding steroid dienone is 2. The maximum absolute atomic E-state index is 6.03. The van der Waals surface area contributed by atoms with Crippen molar-refractivity contribution in [3.8, 4) is 0 Å². The minimum absolute atomic E-state index is 0.00344. The van der Waals surface area contributed by atoms with Gasteiger partial charge in [-0.15, -0.1) is 0 Å². The van der Waals surface area contributed by atoms with Crippen molar-refractivity contribution in [2.45, 2.75) is 131 Å². The van der Waals surface area contributed by atoms with E-state index in [0.717, 1.165) is 32.5 Å². The molecule has 1 aromatic rings. The first-order chi connectivity index (χ1) is 16.5. The van der Waals surface area contributed by atoms with Crippen LogP contribution in [0.2, 0.25) is 0 Å². The van der Waals surface area contributed by atoms with Gasteiger partial charge in [0.05, 0.1) is 0 Å². The third-order valence-electron chi connectivity index (χ3n) is 6.83. The Kier molecular flexibility index (Phi) is 19.6. The first-order valence-electron chi connectivity index (χ1n) is 13.9. The van der Waals surface area contributed by atoms with Gasteiger partial charge < -0.3 is 9.47 Å². The molecule has 196 valence electrons. The van der Waals surface area contributed by atoms with Crippen LogP contribution in [0.5, 0.6) is 0 Å². The third-order valence-corrected chi connectivity index (χ3v) is 8.83. The molecular formula is C30H52BrO2P. The molecule has 1 unspecified atom stereocenters. The van der Waals surface area contributed by atoms with Crippen LogP contribution >= 0.6 is 22.8 Å². The Morgan fingerprint density at radius 2 is 1.38 bits per heavy atom. The van der Waals surface area contributed by atoms with Crippen molar-refractivity contribution in [2.24, 2.45) is 0 Å². The number of hydrogen-bond acceptors (Lipinski definition) is 2. The summed E-state index contributed by atoms with van der Waals surface area (Å²) in [7, 11) is 0.702. The molecule has 1 atom stereocenters. The molecular weight excluding hydrogens is 503 g/mol. The van der Waals surface area contributed by atoms with Crippen LogP contribution in [0.25, 0.3) is 0 Å². The van der Waals surface area contributed by atoms with E-state index in [1.54, 1.807) is 0 Å². The first-order valence-corrected chi connectivity index (χ1v) is 17.1. The predicted molar refractivity (Wildman–Crippen MR) is 157 cm³/mol. The lowest BCUT2D eigenvalue weighted by atomic mass is 9.95. The van der Waals surface area contributed by atoms with Gasteiger partial charge in [-0.3, -0.25) is 0 Å². The summed E-state index contributed by atoms with van der Waals surface area (Å²) >= 11 is 3.67. The largest absolute Gasteiger partial charge is 0.353 e. The summed E-state index contributed by atoms with van der Waals surface area (Å²) in [6.07, 6.45) is 21.6. The molecule has 0 saturated carbocycles.